The average Bonchev–Trinajstić information content (AvgIpc) is 2.55. The molecule has 0 bridgehead atoms. The van der Waals surface area contributed by atoms with Gasteiger partial charge in [-0.2, -0.15) is 0 Å². The number of anilines is 2. The number of hydrogen-bond donors (Lipinski definition) is 2. The normalized spacial score (nSPS) is 11.4. The number of methoxy groups -OCH3 is 1. The lowest BCUT2D eigenvalue weighted by Crippen LogP contribution is -2.32. The van der Waals surface area contributed by atoms with E-state index >= 15 is 0 Å². The highest BCUT2D eigenvalue weighted by atomic mass is 16.5. The van der Waals surface area contributed by atoms with Crippen molar-refractivity contribution in [2.75, 3.05) is 17.7 Å². The number of carbonyl (C=O) groups excluding carboxylic acids is 2. The number of amides is 1. The minimum Gasteiger partial charge on any atom is -0.467 e. The van der Waals surface area contributed by atoms with Crippen LogP contribution < -0.4 is 10.6 Å². The fraction of sp³-hybridized carbons (Fsp3) is 0.222. The average molecular weight is 312 g/mol. The minimum absolute atomic E-state index is 0.123. The standard InChI is InChI=1S/C18H20N2O3/c1-13(21)19-15-8-10-16(11-9-15)20-17(18(22)23-2)12-14-6-4-3-5-7-14/h3-11,17,20H,12H2,1-2H3,(H,19,21)/t17-/m0/s1. The van der Waals surface area contributed by atoms with Crippen LogP contribution in [-0.2, 0) is 20.7 Å². The summed E-state index contributed by atoms with van der Waals surface area (Å²) in [6.07, 6.45) is 0.529. The van der Waals surface area contributed by atoms with Gasteiger partial charge in [0.05, 0.1) is 7.11 Å². The smallest absolute Gasteiger partial charge is 0.328 e. The molecule has 2 rings (SSSR count). The summed E-state index contributed by atoms with van der Waals surface area (Å²) in [7, 11) is 1.38. The molecule has 1 amide bonds. The highest BCUT2D eigenvalue weighted by molar-refractivity contribution is 5.89. The number of carbonyl (C=O) groups is 2. The van der Waals surface area contributed by atoms with E-state index in [1.807, 2.05) is 42.5 Å². The van der Waals surface area contributed by atoms with Crippen molar-refractivity contribution in [2.24, 2.45) is 0 Å². The molecule has 2 N–H and O–H groups in total. The second kappa shape index (κ2) is 7.98. The number of esters is 1. The third-order valence-electron chi connectivity index (χ3n) is 3.31. The van der Waals surface area contributed by atoms with E-state index in [9.17, 15) is 9.59 Å². The van der Waals surface area contributed by atoms with Crippen LogP contribution in [0, 0.1) is 0 Å². The largest absolute Gasteiger partial charge is 0.467 e. The summed E-state index contributed by atoms with van der Waals surface area (Å²) in [5, 5.41) is 5.87. The molecule has 0 saturated heterocycles. The summed E-state index contributed by atoms with van der Waals surface area (Å²) in [5.41, 5.74) is 2.54. The highest BCUT2D eigenvalue weighted by Crippen LogP contribution is 2.16. The van der Waals surface area contributed by atoms with E-state index in [-0.39, 0.29) is 11.9 Å². The fourth-order valence-corrected chi connectivity index (χ4v) is 2.24. The van der Waals surface area contributed by atoms with Crippen molar-refractivity contribution in [3.8, 4) is 0 Å². The van der Waals surface area contributed by atoms with Crippen molar-refractivity contribution in [1.82, 2.24) is 0 Å². The van der Waals surface area contributed by atoms with Gasteiger partial charge >= 0.3 is 5.97 Å². The van der Waals surface area contributed by atoms with Gasteiger partial charge in [0.15, 0.2) is 0 Å². The third kappa shape index (κ3) is 5.14. The van der Waals surface area contributed by atoms with E-state index in [4.69, 9.17) is 4.74 Å². The lowest BCUT2D eigenvalue weighted by Gasteiger charge is -2.18. The summed E-state index contributed by atoms with van der Waals surface area (Å²) in [6, 6.07) is 16.5. The van der Waals surface area contributed by atoms with E-state index in [1.165, 1.54) is 14.0 Å². The second-order valence-corrected chi connectivity index (χ2v) is 5.17. The van der Waals surface area contributed by atoms with Crippen molar-refractivity contribution >= 4 is 23.3 Å². The molecule has 2 aromatic carbocycles. The first-order chi connectivity index (χ1) is 11.1. The number of ether oxygens (including phenoxy) is 1. The Kier molecular flexibility index (Phi) is 5.74. The molecule has 0 spiro atoms. The molecule has 0 radical (unpaired) electrons. The number of rotatable bonds is 6. The number of benzene rings is 2. The van der Waals surface area contributed by atoms with Crippen LogP contribution in [0.25, 0.3) is 0 Å². The quantitative estimate of drug-likeness (QED) is 0.805. The van der Waals surface area contributed by atoms with E-state index in [0.29, 0.717) is 12.1 Å². The lowest BCUT2D eigenvalue weighted by molar-refractivity contribution is -0.141. The molecule has 0 aliphatic heterocycles. The molecule has 5 heteroatoms. The van der Waals surface area contributed by atoms with E-state index in [1.54, 1.807) is 12.1 Å². The van der Waals surface area contributed by atoms with Crippen LogP contribution in [0.4, 0.5) is 11.4 Å². The van der Waals surface area contributed by atoms with Gasteiger partial charge in [0.2, 0.25) is 5.91 Å². The summed E-state index contributed by atoms with van der Waals surface area (Å²) in [6.45, 7) is 1.46. The summed E-state index contributed by atoms with van der Waals surface area (Å²) < 4.78 is 4.87. The monoisotopic (exact) mass is 312 g/mol. The van der Waals surface area contributed by atoms with Gasteiger partial charge in [-0.1, -0.05) is 30.3 Å². The molecule has 120 valence electrons. The van der Waals surface area contributed by atoms with Crippen molar-refractivity contribution < 1.29 is 14.3 Å². The Morgan fingerprint density at radius 2 is 1.61 bits per heavy atom. The Morgan fingerprint density at radius 3 is 2.17 bits per heavy atom. The van der Waals surface area contributed by atoms with Gasteiger partial charge in [0.25, 0.3) is 0 Å². The molecule has 0 aliphatic rings. The molecule has 0 aromatic heterocycles. The molecule has 0 fully saturated rings. The zero-order valence-corrected chi connectivity index (χ0v) is 13.2. The Hall–Kier alpha value is -2.82. The maximum atomic E-state index is 12.0. The molecule has 5 nitrogen and oxygen atoms in total. The van der Waals surface area contributed by atoms with Crippen LogP contribution in [0.1, 0.15) is 12.5 Å². The van der Waals surface area contributed by atoms with Crippen molar-refractivity contribution in [3.63, 3.8) is 0 Å². The van der Waals surface area contributed by atoms with Gasteiger partial charge in [-0.05, 0) is 29.8 Å². The highest BCUT2D eigenvalue weighted by Gasteiger charge is 2.19. The Morgan fingerprint density at radius 1 is 1.00 bits per heavy atom. The first-order valence-corrected chi connectivity index (χ1v) is 7.34. The molecule has 0 aliphatic carbocycles. The topological polar surface area (TPSA) is 67.4 Å². The van der Waals surface area contributed by atoms with E-state index in [0.717, 1.165) is 11.3 Å². The molecular formula is C18H20N2O3. The fourth-order valence-electron chi connectivity index (χ4n) is 2.24. The van der Waals surface area contributed by atoms with Crippen molar-refractivity contribution in [1.29, 1.82) is 0 Å². The number of nitrogens with one attached hydrogen (secondary N) is 2. The van der Waals surface area contributed by atoms with Crippen LogP contribution >= 0.6 is 0 Å². The van der Waals surface area contributed by atoms with Gasteiger partial charge in [-0.15, -0.1) is 0 Å². The zero-order valence-electron chi connectivity index (χ0n) is 13.2. The zero-order chi connectivity index (χ0) is 16.7. The van der Waals surface area contributed by atoms with Crippen LogP contribution in [0.15, 0.2) is 54.6 Å². The van der Waals surface area contributed by atoms with Crippen molar-refractivity contribution in [2.45, 2.75) is 19.4 Å². The summed E-state index contributed by atoms with van der Waals surface area (Å²) in [4.78, 5) is 23.0. The first kappa shape index (κ1) is 16.5. The number of hydrogen-bond acceptors (Lipinski definition) is 4. The summed E-state index contributed by atoms with van der Waals surface area (Å²) in [5.74, 6) is -0.443. The predicted molar refractivity (Wildman–Crippen MR) is 90.3 cm³/mol. The first-order valence-electron chi connectivity index (χ1n) is 7.34. The van der Waals surface area contributed by atoms with Crippen molar-refractivity contribution in [3.05, 3.63) is 60.2 Å². The Bertz CT molecular complexity index is 654. The molecule has 1 atom stereocenters. The maximum absolute atomic E-state index is 12.0. The van der Waals surface area contributed by atoms with Crippen LogP contribution in [0.3, 0.4) is 0 Å². The van der Waals surface area contributed by atoms with Gasteiger partial charge < -0.3 is 15.4 Å². The van der Waals surface area contributed by atoms with Crippen LogP contribution in [0.2, 0.25) is 0 Å². The lowest BCUT2D eigenvalue weighted by atomic mass is 10.1. The van der Waals surface area contributed by atoms with Gasteiger partial charge in [0, 0.05) is 24.7 Å². The summed E-state index contributed by atoms with van der Waals surface area (Å²) >= 11 is 0. The van der Waals surface area contributed by atoms with Crippen LogP contribution in [-0.4, -0.2) is 25.0 Å². The molecule has 2 aromatic rings. The SMILES string of the molecule is COC(=O)[C@H](Cc1ccccc1)Nc1ccc(NC(C)=O)cc1. The maximum Gasteiger partial charge on any atom is 0.328 e. The van der Waals surface area contributed by atoms with Crippen LogP contribution in [0.5, 0.6) is 0 Å². The molecule has 0 saturated carbocycles. The van der Waals surface area contributed by atoms with Gasteiger partial charge in [0.1, 0.15) is 6.04 Å². The van der Waals surface area contributed by atoms with E-state index in [2.05, 4.69) is 10.6 Å². The second-order valence-electron chi connectivity index (χ2n) is 5.17. The molecule has 0 unspecified atom stereocenters. The predicted octanol–water partition coefficient (Wildman–Crippen LogP) is 2.84. The third-order valence-corrected chi connectivity index (χ3v) is 3.31. The molecule has 0 heterocycles. The van der Waals surface area contributed by atoms with Gasteiger partial charge in [-0.25, -0.2) is 4.79 Å². The molecular weight excluding hydrogens is 292 g/mol. The Labute approximate surface area is 135 Å². The van der Waals surface area contributed by atoms with Gasteiger partial charge in [-0.3, -0.25) is 4.79 Å². The molecule has 23 heavy (non-hydrogen) atoms. The van der Waals surface area contributed by atoms with E-state index < -0.39 is 6.04 Å². The Balaban J connectivity index is 2.08. The minimum atomic E-state index is -0.478.